The molecule has 0 heterocycles. The summed E-state index contributed by atoms with van der Waals surface area (Å²) >= 11 is 0. The number of aliphatic hydroxyl groups excluding tert-OH is 1. The van der Waals surface area contributed by atoms with Crippen LogP contribution >= 0.6 is 0 Å². The van der Waals surface area contributed by atoms with E-state index < -0.39 is 0 Å². The van der Waals surface area contributed by atoms with Crippen molar-refractivity contribution in [3.8, 4) is 0 Å². The molecular formula is C7H12O3. The summed E-state index contributed by atoms with van der Waals surface area (Å²) in [5, 5.41) is 8.31. The van der Waals surface area contributed by atoms with Crippen LogP contribution in [-0.4, -0.2) is 24.3 Å². The Balaban J connectivity index is 2.08. The van der Waals surface area contributed by atoms with E-state index in [2.05, 4.69) is 0 Å². The second-order valence-electron chi connectivity index (χ2n) is 2.52. The average molecular weight is 144 g/mol. The first-order chi connectivity index (χ1) is 4.84. The molecule has 0 amide bonds. The molecule has 1 rings (SSSR count). The summed E-state index contributed by atoms with van der Waals surface area (Å²) < 4.78 is 4.71. The van der Waals surface area contributed by atoms with E-state index in [9.17, 15) is 4.79 Å². The fraction of sp³-hybridized carbons (Fsp3) is 0.857. The maximum absolute atomic E-state index is 10.9. The Morgan fingerprint density at radius 1 is 1.60 bits per heavy atom. The number of aliphatic hydroxyl groups is 1. The van der Waals surface area contributed by atoms with Crippen molar-refractivity contribution in [1.29, 1.82) is 0 Å². The van der Waals surface area contributed by atoms with Crippen LogP contribution in [0.4, 0.5) is 0 Å². The fourth-order valence-corrected chi connectivity index (χ4v) is 0.908. The lowest BCUT2D eigenvalue weighted by Gasteiger charge is -2.22. The molecule has 0 aliphatic heterocycles. The topological polar surface area (TPSA) is 46.5 Å². The smallest absolute Gasteiger partial charge is 0.309 e. The molecule has 0 aromatic rings. The molecule has 3 nitrogen and oxygen atoms in total. The predicted molar refractivity (Wildman–Crippen MR) is 35.4 cm³/mol. The molecule has 0 atom stereocenters. The van der Waals surface area contributed by atoms with E-state index in [0.29, 0.717) is 0 Å². The Labute approximate surface area is 60.0 Å². The predicted octanol–water partition coefficient (Wildman–Crippen LogP) is 0.322. The molecule has 10 heavy (non-hydrogen) atoms. The highest BCUT2D eigenvalue weighted by atomic mass is 16.5. The van der Waals surface area contributed by atoms with Crippen molar-refractivity contribution in [2.75, 3.05) is 13.2 Å². The summed E-state index contributed by atoms with van der Waals surface area (Å²) in [6, 6.07) is 0. The minimum absolute atomic E-state index is 0.0710. The lowest BCUT2D eigenvalue weighted by atomic mass is 9.86. The molecule has 0 bridgehead atoms. The van der Waals surface area contributed by atoms with Gasteiger partial charge in [0.05, 0.1) is 12.5 Å². The van der Waals surface area contributed by atoms with E-state index in [1.807, 2.05) is 0 Å². The molecule has 0 aromatic heterocycles. The van der Waals surface area contributed by atoms with Gasteiger partial charge in [-0.15, -0.1) is 0 Å². The molecule has 1 aliphatic carbocycles. The normalized spacial score (nSPS) is 18.1. The third-order valence-corrected chi connectivity index (χ3v) is 1.77. The van der Waals surface area contributed by atoms with Crippen LogP contribution in [0.3, 0.4) is 0 Å². The highest BCUT2D eigenvalue weighted by Gasteiger charge is 2.26. The summed E-state index contributed by atoms with van der Waals surface area (Å²) in [6.45, 7) is 0.0772. The molecule has 1 fully saturated rings. The van der Waals surface area contributed by atoms with Crippen LogP contribution in [0, 0.1) is 5.92 Å². The van der Waals surface area contributed by atoms with E-state index in [-0.39, 0.29) is 25.1 Å². The summed E-state index contributed by atoms with van der Waals surface area (Å²) in [5.74, 6) is -0.00755. The number of carbonyl (C=O) groups is 1. The molecule has 1 saturated carbocycles. The van der Waals surface area contributed by atoms with Gasteiger partial charge in [0.1, 0.15) is 6.61 Å². The Morgan fingerprint density at radius 3 is 2.70 bits per heavy atom. The number of esters is 1. The van der Waals surface area contributed by atoms with Crippen molar-refractivity contribution < 1.29 is 14.6 Å². The van der Waals surface area contributed by atoms with Gasteiger partial charge in [-0.3, -0.25) is 4.79 Å². The van der Waals surface area contributed by atoms with Crippen molar-refractivity contribution in [3.05, 3.63) is 0 Å². The van der Waals surface area contributed by atoms with Gasteiger partial charge >= 0.3 is 5.97 Å². The van der Waals surface area contributed by atoms with Gasteiger partial charge in [-0.05, 0) is 12.8 Å². The van der Waals surface area contributed by atoms with Gasteiger partial charge in [0.15, 0.2) is 0 Å². The first-order valence-electron chi connectivity index (χ1n) is 3.62. The average Bonchev–Trinajstić information content (AvgIpc) is 1.79. The van der Waals surface area contributed by atoms with Crippen LogP contribution in [-0.2, 0) is 9.53 Å². The SMILES string of the molecule is O=C(OCCO)C1CCC1. The van der Waals surface area contributed by atoms with Crippen LogP contribution < -0.4 is 0 Å². The highest BCUT2D eigenvalue weighted by molar-refractivity contribution is 5.73. The largest absolute Gasteiger partial charge is 0.463 e. The molecule has 1 N–H and O–H groups in total. The summed E-state index contributed by atoms with van der Waals surface area (Å²) in [4.78, 5) is 10.9. The van der Waals surface area contributed by atoms with Crippen molar-refractivity contribution in [2.45, 2.75) is 19.3 Å². The van der Waals surface area contributed by atoms with E-state index in [4.69, 9.17) is 9.84 Å². The monoisotopic (exact) mass is 144 g/mol. The number of carbonyl (C=O) groups excluding carboxylic acids is 1. The first kappa shape index (κ1) is 7.54. The highest BCUT2D eigenvalue weighted by Crippen LogP contribution is 2.27. The van der Waals surface area contributed by atoms with E-state index in [1.165, 1.54) is 0 Å². The quantitative estimate of drug-likeness (QED) is 0.580. The van der Waals surface area contributed by atoms with Crippen molar-refractivity contribution in [1.82, 2.24) is 0 Å². The van der Waals surface area contributed by atoms with Crippen molar-refractivity contribution in [2.24, 2.45) is 5.92 Å². The number of hydrogen-bond donors (Lipinski definition) is 1. The van der Waals surface area contributed by atoms with Crippen molar-refractivity contribution >= 4 is 5.97 Å². The Kier molecular flexibility index (Phi) is 2.68. The molecule has 1 aliphatic rings. The number of rotatable bonds is 3. The molecule has 58 valence electrons. The Morgan fingerprint density at radius 2 is 2.30 bits per heavy atom. The van der Waals surface area contributed by atoms with Crippen LogP contribution in [0.2, 0.25) is 0 Å². The van der Waals surface area contributed by atoms with E-state index >= 15 is 0 Å². The van der Waals surface area contributed by atoms with Gasteiger partial charge in [-0.1, -0.05) is 6.42 Å². The van der Waals surface area contributed by atoms with Crippen LogP contribution in [0.5, 0.6) is 0 Å². The summed E-state index contributed by atoms with van der Waals surface area (Å²) in [5.41, 5.74) is 0. The van der Waals surface area contributed by atoms with Gasteiger partial charge in [0.2, 0.25) is 0 Å². The molecule has 0 saturated heterocycles. The zero-order chi connectivity index (χ0) is 7.40. The standard InChI is InChI=1S/C7H12O3/c8-4-5-10-7(9)6-2-1-3-6/h6,8H,1-5H2. The molecule has 0 radical (unpaired) electrons. The van der Waals surface area contributed by atoms with Crippen LogP contribution in [0.1, 0.15) is 19.3 Å². The Hall–Kier alpha value is -0.570. The van der Waals surface area contributed by atoms with Crippen LogP contribution in [0.15, 0.2) is 0 Å². The number of ether oxygens (including phenoxy) is 1. The maximum Gasteiger partial charge on any atom is 0.309 e. The van der Waals surface area contributed by atoms with Gasteiger partial charge in [-0.25, -0.2) is 0 Å². The lowest BCUT2D eigenvalue weighted by molar-refractivity contribution is -0.152. The fourth-order valence-electron chi connectivity index (χ4n) is 0.908. The second kappa shape index (κ2) is 3.56. The minimum atomic E-state index is -0.139. The molecular weight excluding hydrogens is 132 g/mol. The molecule has 0 spiro atoms. The molecule has 0 aromatic carbocycles. The lowest BCUT2D eigenvalue weighted by Crippen LogP contribution is -2.24. The molecule has 3 heteroatoms. The summed E-state index contributed by atoms with van der Waals surface area (Å²) in [6.07, 6.45) is 3.06. The van der Waals surface area contributed by atoms with Gasteiger partial charge in [0, 0.05) is 0 Å². The second-order valence-corrected chi connectivity index (χ2v) is 2.52. The van der Waals surface area contributed by atoms with Gasteiger partial charge in [-0.2, -0.15) is 0 Å². The van der Waals surface area contributed by atoms with Crippen LogP contribution in [0.25, 0.3) is 0 Å². The maximum atomic E-state index is 10.9. The third-order valence-electron chi connectivity index (χ3n) is 1.77. The van der Waals surface area contributed by atoms with E-state index in [0.717, 1.165) is 19.3 Å². The van der Waals surface area contributed by atoms with Crippen molar-refractivity contribution in [3.63, 3.8) is 0 Å². The minimum Gasteiger partial charge on any atom is -0.463 e. The third kappa shape index (κ3) is 1.70. The first-order valence-corrected chi connectivity index (χ1v) is 3.62. The molecule has 0 unspecified atom stereocenters. The zero-order valence-corrected chi connectivity index (χ0v) is 5.88. The van der Waals surface area contributed by atoms with Gasteiger partial charge < -0.3 is 9.84 Å². The number of hydrogen-bond acceptors (Lipinski definition) is 3. The van der Waals surface area contributed by atoms with Gasteiger partial charge in [0.25, 0.3) is 0 Å². The zero-order valence-electron chi connectivity index (χ0n) is 5.88. The Bertz CT molecular complexity index is 118. The van der Waals surface area contributed by atoms with E-state index in [1.54, 1.807) is 0 Å². The summed E-state index contributed by atoms with van der Waals surface area (Å²) in [7, 11) is 0.